The van der Waals surface area contributed by atoms with Crippen LogP contribution < -0.4 is 0 Å². The Balaban J connectivity index is 2.03. The van der Waals surface area contributed by atoms with Crippen molar-refractivity contribution in [3.05, 3.63) is 24.5 Å². The maximum atomic E-state index is 4.41. The van der Waals surface area contributed by atoms with E-state index in [1.807, 2.05) is 10.8 Å². The van der Waals surface area contributed by atoms with E-state index in [9.17, 15) is 0 Å². The van der Waals surface area contributed by atoms with E-state index < -0.39 is 0 Å². The zero-order valence-corrected chi connectivity index (χ0v) is 9.78. The molecule has 6 heteroatoms. The molecule has 2 aromatic rings. The van der Waals surface area contributed by atoms with Crippen molar-refractivity contribution in [2.24, 2.45) is 0 Å². The Morgan fingerprint density at radius 2 is 1.88 bits per heavy atom. The summed E-state index contributed by atoms with van der Waals surface area (Å²) in [6, 6.07) is 0.603. The van der Waals surface area contributed by atoms with Gasteiger partial charge in [-0.2, -0.15) is 15.0 Å². The first-order valence-corrected chi connectivity index (χ1v) is 5.41. The molecule has 0 spiro atoms. The van der Waals surface area contributed by atoms with E-state index in [-0.39, 0.29) is 0 Å². The topological polar surface area (TPSA) is 61.4 Å². The van der Waals surface area contributed by atoms with E-state index >= 15 is 0 Å². The van der Waals surface area contributed by atoms with Crippen LogP contribution in [-0.2, 0) is 6.42 Å². The van der Waals surface area contributed by atoms with Gasteiger partial charge in [0.15, 0.2) is 0 Å². The number of hydrogen-bond acceptors (Lipinski definition) is 4. The van der Waals surface area contributed by atoms with Crippen LogP contribution in [0.5, 0.6) is 0 Å². The van der Waals surface area contributed by atoms with Crippen LogP contribution in [0.15, 0.2) is 18.9 Å². The first kappa shape index (κ1) is 10.8. The summed E-state index contributed by atoms with van der Waals surface area (Å²) in [5.74, 6) is 0. The highest BCUT2D eigenvalue weighted by molar-refractivity contribution is 4.94. The summed E-state index contributed by atoms with van der Waals surface area (Å²) in [6.45, 7) is 6.23. The molecular formula is C10H16N6. The fourth-order valence-electron chi connectivity index (χ4n) is 1.50. The fraction of sp³-hybridized carbons (Fsp3) is 0.600. The maximum absolute atomic E-state index is 4.41. The van der Waals surface area contributed by atoms with Crippen molar-refractivity contribution >= 4 is 0 Å². The highest BCUT2D eigenvalue weighted by atomic mass is 15.5. The standard InChI is InChI=1S/C10H16N6/c1-8(2)16-13-5-10(14-16)4-9(3)15-6-11-12-7-15/h5-9H,4H2,1-3H3. The summed E-state index contributed by atoms with van der Waals surface area (Å²) < 4.78 is 1.97. The lowest BCUT2D eigenvalue weighted by molar-refractivity contribution is 0.457. The van der Waals surface area contributed by atoms with Crippen LogP contribution in [0.3, 0.4) is 0 Å². The van der Waals surface area contributed by atoms with Gasteiger partial charge in [0.05, 0.1) is 17.9 Å². The van der Waals surface area contributed by atoms with Gasteiger partial charge in [-0.3, -0.25) is 0 Å². The minimum atomic E-state index is 0.298. The van der Waals surface area contributed by atoms with Gasteiger partial charge in [-0.25, -0.2) is 0 Å². The molecular weight excluding hydrogens is 204 g/mol. The average Bonchev–Trinajstić information content (AvgIpc) is 2.87. The molecule has 1 unspecified atom stereocenters. The average molecular weight is 220 g/mol. The lowest BCUT2D eigenvalue weighted by atomic mass is 10.2. The van der Waals surface area contributed by atoms with Crippen LogP contribution in [-0.4, -0.2) is 29.8 Å². The molecule has 0 N–H and O–H groups in total. The predicted octanol–water partition coefficient (Wildman–Crippen LogP) is 1.25. The molecule has 0 bridgehead atoms. The van der Waals surface area contributed by atoms with Gasteiger partial charge in [0.2, 0.25) is 0 Å². The smallest absolute Gasteiger partial charge is 0.119 e. The summed E-state index contributed by atoms with van der Waals surface area (Å²) in [5.41, 5.74) is 0.995. The molecule has 2 rings (SSSR count). The van der Waals surface area contributed by atoms with E-state index in [0.717, 1.165) is 12.1 Å². The molecule has 0 aromatic carbocycles. The Labute approximate surface area is 94.3 Å². The zero-order valence-electron chi connectivity index (χ0n) is 9.78. The predicted molar refractivity (Wildman–Crippen MR) is 58.8 cm³/mol. The number of hydrogen-bond donors (Lipinski definition) is 0. The third kappa shape index (κ3) is 2.26. The SMILES string of the molecule is CC(Cc1cnn(C(C)C)n1)n1cnnc1. The van der Waals surface area contributed by atoms with Crippen LogP contribution in [0.1, 0.15) is 38.5 Å². The zero-order chi connectivity index (χ0) is 11.5. The molecule has 0 radical (unpaired) electrons. The molecule has 2 aromatic heterocycles. The lowest BCUT2D eigenvalue weighted by Crippen LogP contribution is -2.08. The Morgan fingerprint density at radius 3 is 2.44 bits per heavy atom. The second-order valence-corrected chi connectivity index (χ2v) is 4.21. The quantitative estimate of drug-likeness (QED) is 0.778. The van der Waals surface area contributed by atoms with Gasteiger partial charge in [-0.1, -0.05) is 0 Å². The van der Waals surface area contributed by atoms with E-state index in [0.29, 0.717) is 12.1 Å². The third-order valence-electron chi connectivity index (χ3n) is 2.47. The van der Waals surface area contributed by atoms with Crippen LogP contribution in [0.4, 0.5) is 0 Å². The van der Waals surface area contributed by atoms with Crippen LogP contribution in [0.2, 0.25) is 0 Å². The molecule has 16 heavy (non-hydrogen) atoms. The molecule has 2 heterocycles. The van der Waals surface area contributed by atoms with Crippen molar-refractivity contribution in [1.29, 1.82) is 0 Å². The molecule has 0 aliphatic carbocycles. The van der Waals surface area contributed by atoms with Gasteiger partial charge < -0.3 is 4.57 Å². The van der Waals surface area contributed by atoms with Crippen molar-refractivity contribution in [2.45, 2.75) is 39.3 Å². The molecule has 86 valence electrons. The van der Waals surface area contributed by atoms with Gasteiger partial charge in [0, 0.05) is 12.5 Å². The first-order chi connectivity index (χ1) is 7.66. The third-order valence-corrected chi connectivity index (χ3v) is 2.47. The van der Waals surface area contributed by atoms with Crippen molar-refractivity contribution in [3.8, 4) is 0 Å². The summed E-state index contributed by atoms with van der Waals surface area (Å²) in [5, 5.41) is 16.2. The molecule has 0 aliphatic heterocycles. The molecule has 0 saturated heterocycles. The van der Waals surface area contributed by atoms with Crippen LogP contribution >= 0.6 is 0 Å². The monoisotopic (exact) mass is 220 g/mol. The molecule has 0 saturated carbocycles. The van der Waals surface area contributed by atoms with Crippen LogP contribution in [0, 0.1) is 0 Å². The van der Waals surface area contributed by atoms with Gasteiger partial charge in [-0.05, 0) is 20.8 Å². The molecule has 6 nitrogen and oxygen atoms in total. The maximum Gasteiger partial charge on any atom is 0.119 e. The molecule has 1 atom stereocenters. The van der Waals surface area contributed by atoms with E-state index in [1.165, 1.54) is 0 Å². The summed E-state index contributed by atoms with van der Waals surface area (Å²) in [6.07, 6.45) is 6.10. The number of aromatic nitrogens is 6. The highest BCUT2D eigenvalue weighted by Gasteiger charge is 2.09. The van der Waals surface area contributed by atoms with Crippen molar-refractivity contribution in [2.75, 3.05) is 0 Å². The second kappa shape index (κ2) is 4.42. The van der Waals surface area contributed by atoms with Crippen molar-refractivity contribution < 1.29 is 0 Å². The Hall–Kier alpha value is -1.72. The van der Waals surface area contributed by atoms with Crippen LogP contribution in [0.25, 0.3) is 0 Å². The fourth-order valence-corrected chi connectivity index (χ4v) is 1.50. The molecule has 0 fully saturated rings. The second-order valence-electron chi connectivity index (χ2n) is 4.21. The summed E-state index contributed by atoms with van der Waals surface area (Å²) in [4.78, 5) is 1.73. The summed E-state index contributed by atoms with van der Waals surface area (Å²) >= 11 is 0. The highest BCUT2D eigenvalue weighted by Crippen LogP contribution is 2.11. The minimum absolute atomic E-state index is 0.298. The normalized spacial score (nSPS) is 13.2. The number of nitrogens with zero attached hydrogens (tertiary/aromatic N) is 6. The van der Waals surface area contributed by atoms with Crippen molar-refractivity contribution in [3.63, 3.8) is 0 Å². The van der Waals surface area contributed by atoms with Gasteiger partial charge in [0.25, 0.3) is 0 Å². The lowest BCUT2D eigenvalue weighted by Gasteiger charge is -2.09. The molecule has 0 aliphatic rings. The van der Waals surface area contributed by atoms with Crippen molar-refractivity contribution in [1.82, 2.24) is 29.8 Å². The summed E-state index contributed by atoms with van der Waals surface area (Å²) in [7, 11) is 0. The largest absolute Gasteiger partial charge is 0.317 e. The van der Waals surface area contributed by atoms with Gasteiger partial charge in [-0.15, -0.1) is 10.2 Å². The first-order valence-electron chi connectivity index (χ1n) is 5.41. The minimum Gasteiger partial charge on any atom is -0.317 e. The van der Waals surface area contributed by atoms with Gasteiger partial charge >= 0.3 is 0 Å². The Morgan fingerprint density at radius 1 is 1.19 bits per heavy atom. The van der Waals surface area contributed by atoms with E-state index in [4.69, 9.17) is 0 Å². The van der Waals surface area contributed by atoms with E-state index in [2.05, 4.69) is 41.2 Å². The van der Waals surface area contributed by atoms with E-state index in [1.54, 1.807) is 17.5 Å². The Bertz CT molecular complexity index is 430. The number of rotatable bonds is 4. The van der Waals surface area contributed by atoms with Gasteiger partial charge in [0.1, 0.15) is 12.7 Å². The molecule has 0 amide bonds. The Kier molecular flexibility index (Phi) is 2.98.